The van der Waals surface area contributed by atoms with Gasteiger partial charge in [0.25, 0.3) is 11.7 Å². The number of methoxy groups -OCH3 is 1. The van der Waals surface area contributed by atoms with Gasteiger partial charge in [-0.1, -0.05) is 48.0 Å². The van der Waals surface area contributed by atoms with Crippen molar-refractivity contribution in [3.8, 4) is 5.75 Å². The fraction of sp³-hybridized carbons (Fsp3) is 0.130. The van der Waals surface area contributed by atoms with Crippen molar-refractivity contribution in [3.05, 3.63) is 92.6 Å². The second-order valence-corrected chi connectivity index (χ2v) is 8.20. The van der Waals surface area contributed by atoms with Crippen LogP contribution < -0.4 is 4.74 Å². The zero-order valence-corrected chi connectivity index (χ0v) is 17.6. The Balaban J connectivity index is 1.89. The van der Waals surface area contributed by atoms with E-state index in [1.165, 1.54) is 23.3 Å². The maximum atomic E-state index is 13.0. The maximum absolute atomic E-state index is 13.0. The lowest BCUT2D eigenvalue weighted by Crippen LogP contribution is -2.29. The van der Waals surface area contributed by atoms with Gasteiger partial charge in [0.2, 0.25) is 0 Å². The molecule has 152 valence electrons. The van der Waals surface area contributed by atoms with Gasteiger partial charge in [-0.25, -0.2) is 0 Å². The number of nitrogens with zero attached hydrogens (tertiary/aromatic N) is 1. The number of hydrogen-bond acceptors (Lipinski definition) is 5. The van der Waals surface area contributed by atoms with Crippen molar-refractivity contribution in [1.82, 2.24) is 4.90 Å². The van der Waals surface area contributed by atoms with Crippen LogP contribution in [0.15, 0.2) is 71.6 Å². The number of aliphatic hydroxyl groups excluding tert-OH is 1. The molecule has 1 saturated heterocycles. The molecular weight excluding hydrogens is 422 g/mol. The Kier molecular flexibility index (Phi) is 5.61. The normalized spacial score (nSPS) is 18.1. The first-order valence-electron chi connectivity index (χ1n) is 9.21. The molecule has 1 aliphatic rings. The number of carbonyl (C=O) groups is 2. The summed E-state index contributed by atoms with van der Waals surface area (Å²) in [5.74, 6) is -1.14. The van der Waals surface area contributed by atoms with Crippen LogP contribution in [0.25, 0.3) is 5.76 Å². The lowest BCUT2D eigenvalue weighted by molar-refractivity contribution is -0.140. The van der Waals surface area contributed by atoms with Crippen LogP contribution in [0.5, 0.6) is 5.75 Å². The summed E-state index contributed by atoms with van der Waals surface area (Å²) in [7, 11) is 1.52. The molecule has 1 fully saturated rings. The fourth-order valence-corrected chi connectivity index (χ4v) is 4.50. The van der Waals surface area contributed by atoms with E-state index in [1.54, 1.807) is 48.5 Å². The molecule has 1 amide bonds. The van der Waals surface area contributed by atoms with Gasteiger partial charge in [-0.05, 0) is 35.2 Å². The first-order valence-corrected chi connectivity index (χ1v) is 10.5. The van der Waals surface area contributed by atoms with Gasteiger partial charge in [0.05, 0.1) is 25.3 Å². The zero-order chi connectivity index (χ0) is 21.3. The number of thiophene rings is 1. The van der Waals surface area contributed by atoms with Gasteiger partial charge in [0, 0.05) is 15.5 Å². The third kappa shape index (κ3) is 3.60. The van der Waals surface area contributed by atoms with Crippen molar-refractivity contribution in [2.24, 2.45) is 0 Å². The largest absolute Gasteiger partial charge is 0.507 e. The number of rotatable bonds is 5. The standard InChI is InChI=1S/C23H18ClNO4S/c1-29-15-7-4-6-14(12-15)21(26)19-20(17-9-2-3-10-18(17)24)25(23(28)22(19)27)13-16-8-5-11-30-16/h2-12,20,26H,13H2,1H3/b21-19+. The Bertz CT molecular complexity index is 1140. The summed E-state index contributed by atoms with van der Waals surface area (Å²) in [4.78, 5) is 28.4. The van der Waals surface area contributed by atoms with Gasteiger partial charge in [0.1, 0.15) is 11.5 Å². The smallest absolute Gasteiger partial charge is 0.295 e. The van der Waals surface area contributed by atoms with E-state index in [0.29, 0.717) is 21.9 Å². The molecule has 1 unspecified atom stereocenters. The van der Waals surface area contributed by atoms with E-state index in [-0.39, 0.29) is 17.9 Å². The Morgan fingerprint density at radius 1 is 1.13 bits per heavy atom. The average Bonchev–Trinajstić information content (AvgIpc) is 3.36. The molecule has 0 radical (unpaired) electrons. The molecule has 1 aliphatic heterocycles. The van der Waals surface area contributed by atoms with Crippen LogP contribution in [0, 0.1) is 0 Å². The molecule has 30 heavy (non-hydrogen) atoms. The summed E-state index contributed by atoms with van der Waals surface area (Å²) < 4.78 is 5.22. The minimum atomic E-state index is -0.799. The van der Waals surface area contributed by atoms with E-state index >= 15 is 0 Å². The molecule has 5 nitrogen and oxygen atoms in total. The number of benzene rings is 2. The molecular formula is C23H18ClNO4S. The molecule has 4 rings (SSSR count). The molecule has 1 atom stereocenters. The maximum Gasteiger partial charge on any atom is 0.295 e. The molecule has 2 heterocycles. The Morgan fingerprint density at radius 2 is 1.93 bits per heavy atom. The lowest BCUT2D eigenvalue weighted by Gasteiger charge is -2.25. The molecule has 0 bridgehead atoms. The van der Waals surface area contributed by atoms with Crippen LogP contribution in [0.4, 0.5) is 0 Å². The van der Waals surface area contributed by atoms with Crippen molar-refractivity contribution >= 4 is 40.4 Å². The van der Waals surface area contributed by atoms with Gasteiger partial charge < -0.3 is 14.7 Å². The zero-order valence-electron chi connectivity index (χ0n) is 16.0. The highest BCUT2D eigenvalue weighted by atomic mass is 35.5. The van der Waals surface area contributed by atoms with Crippen LogP contribution >= 0.6 is 22.9 Å². The van der Waals surface area contributed by atoms with Gasteiger partial charge in [-0.2, -0.15) is 0 Å². The van der Waals surface area contributed by atoms with Crippen molar-refractivity contribution in [2.75, 3.05) is 7.11 Å². The van der Waals surface area contributed by atoms with E-state index in [1.807, 2.05) is 17.5 Å². The summed E-state index contributed by atoms with van der Waals surface area (Å²) in [5.41, 5.74) is 0.984. The number of amides is 1. The lowest BCUT2D eigenvalue weighted by atomic mass is 9.95. The first kappa shape index (κ1) is 20.2. The third-order valence-electron chi connectivity index (χ3n) is 4.99. The number of carbonyl (C=O) groups excluding carboxylic acids is 2. The number of likely N-dealkylation sites (tertiary alicyclic amines) is 1. The topological polar surface area (TPSA) is 66.8 Å². The fourth-order valence-electron chi connectivity index (χ4n) is 3.56. The molecule has 0 spiro atoms. The number of ketones is 1. The van der Waals surface area contributed by atoms with E-state index in [9.17, 15) is 14.7 Å². The number of aliphatic hydroxyl groups is 1. The van der Waals surface area contributed by atoms with Crippen molar-refractivity contribution < 1.29 is 19.4 Å². The van der Waals surface area contributed by atoms with E-state index in [0.717, 1.165) is 4.88 Å². The molecule has 1 aromatic heterocycles. The second-order valence-electron chi connectivity index (χ2n) is 6.76. The van der Waals surface area contributed by atoms with Crippen LogP contribution in [0.2, 0.25) is 5.02 Å². The van der Waals surface area contributed by atoms with Crippen LogP contribution in [-0.4, -0.2) is 28.8 Å². The quantitative estimate of drug-likeness (QED) is 0.344. The highest BCUT2D eigenvalue weighted by Gasteiger charge is 2.46. The number of ether oxygens (including phenoxy) is 1. The monoisotopic (exact) mass is 439 g/mol. The Hall–Kier alpha value is -3.09. The van der Waals surface area contributed by atoms with E-state index < -0.39 is 17.7 Å². The number of Topliss-reactive ketones (excluding diaryl/α,β-unsaturated/α-hetero) is 1. The summed E-state index contributed by atoms with van der Waals surface area (Å²) >= 11 is 7.93. The van der Waals surface area contributed by atoms with Crippen LogP contribution in [0.3, 0.4) is 0 Å². The molecule has 1 N–H and O–H groups in total. The van der Waals surface area contributed by atoms with Crippen LogP contribution in [0.1, 0.15) is 22.0 Å². The van der Waals surface area contributed by atoms with Gasteiger partial charge >= 0.3 is 0 Å². The van der Waals surface area contributed by atoms with Gasteiger partial charge in [-0.3, -0.25) is 9.59 Å². The summed E-state index contributed by atoms with van der Waals surface area (Å²) in [5, 5.41) is 13.4. The van der Waals surface area contributed by atoms with Crippen molar-refractivity contribution in [3.63, 3.8) is 0 Å². The highest BCUT2D eigenvalue weighted by Crippen LogP contribution is 2.43. The predicted octanol–water partition coefficient (Wildman–Crippen LogP) is 5.03. The highest BCUT2D eigenvalue weighted by molar-refractivity contribution is 7.09. The van der Waals surface area contributed by atoms with E-state index in [2.05, 4.69) is 0 Å². The van der Waals surface area contributed by atoms with Crippen molar-refractivity contribution in [1.29, 1.82) is 0 Å². The Labute approximate surface area is 182 Å². The summed E-state index contributed by atoms with van der Waals surface area (Å²) in [6.45, 7) is 0.243. The summed E-state index contributed by atoms with van der Waals surface area (Å²) in [6.07, 6.45) is 0. The minimum Gasteiger partial charge on any atom is -0.507 e. The molecule has 3 aromatic rings. The van der Waals surface area contributed by atoms with Crippen molar-refractivity contribution in [2.45, 2.75) is 12.6 Å². The average molecular weight is 440 g/mol. The SMILES string of the molecule is COc1cccc(/C(O)=C2\C(=O)C(=O)N(Cc3cccs3)C2c2ccccc2Cl)c1. The van der Waals surface area contributed by atoms with Crippen LogP contribution in [-0.2, 0) is 16.1 Å². The summed E-state index contributed by atoms with van der Waals surface area (Å²) in [6, 6.07) is 16.7. The Morgan fingerprint density at radius 3 is 2.63 bits per heavy atom. The molecule has 0 aliphatic carbocycles. The molecule has 7 heteroatoms. The third-order valence-corrected chi connectivity index (χ3v) is 6.19. The van der Waals surface area contributed by atoms with Gasteiger partial charge in [-0.15, -0.1) is 11.3 Å². The number of halogens is 1. The predicted molar refractivity (Wildman–Crippen MR) is 117 cm³/mol. The first-order chi connectivity index (χ1) is 14.5. The van der Waals surface area contributed by atoms with E-state index in [4.69, 9.17) is 16.3 Å². The number of hydrogen-bond donors (Lipinski definition) is 1. The molecule has 0 saturated carbocycles. The van der Waals surface area contributed by atoms with Gasteiger partial charge in [0.15, 0.2) is 0 Å². The second kappa shape index (κ2) is 8.34. The molecule has 2 aromatic carbocycles. The minimum absolute atomic E-state index is 0.0120.